The third-order valence-corrected chi connectivity index (χ3v) is 5.63. The van der Waals surface area contributed by atoms with Crippen molar-refractivity contribution in [2.45, 2.75) is 55.6 Å². The van der Waals surface area contributed by atoms with E-state index in [1.807, 2.05) is 12.1 Å². The van der Waals surface area contributed by atoms with Gasteiger partial charge in [-0.2, -0.15) is 0 Å². The quantitative estimate of drug-likeness (QED) is 0.859. The summed E-state index contributed by atoms with van der Waals surface area (Å²) >= 11 is 8.14. The van der Waals surface area contributed by atoms with Gasteiger partial charge in [0, 0.05) is 21.6 Å². The molecule has 1 saturated carbocycles. The van der Waals surface area contributed by atoms with Crippen LogP contribution >= 0.6 is 23.4 Å². The maximum absolute atomic E-state index is 6.17. The second kappa shape index (κ2) is 6.83. The summed E-state index contributed by atoms with van der Waals surface area (Å²) in [5, 5.41) is 1.95. The predicted molar refractivity (Wildman–Crippen MR) is 82.3 cm³/mol. The number of nitrogens with two attached hydrogens (primary N) is 1. The highest BCUT2D eigenvalue weighted by Crippen LogP contribution is 2.40. The van der Waals surface area contributed by atoms with Gasteiger partial charge in [-0.1, -0.05) is 43.0 Å². The zero-order chi connectivity index (χ0) is 13.0. The molecule has 0 spiro atoms. The number of hydrogen-bond acceptors (Lipinski definition) is 2. The molecule has 2 N–H and O–H groups in total. The van der Waals surface area contributed by atoms with E-state index in [9.17, 15) is 0 Å². The van der Waals surface area contributed by atoms with Gasteiger partial charge in [0.05, 0.1) is 0 Å². The van der Waals surface area contributed by atoms with Crippen LogP contribution in [0.15, 0.2) is 24.3 Å². The summed E-state index contributed by atoms with van der Waals surface area (Å²) in [5.41, 5.74) is 7.44. The minimum absolute atomic E-state index is 0.162. The van der Waals surface area contributed by atoms with Crippen LogP contribution in [0.4, 0.5) is 0 Å². The molecule has 100 valence electrons. The summed E-state index contributed by atoms with van der Waals surface area (Å²) in [5.74, 6) is 0. The third-order valence-electron chi connectivity index (χ3n) is 3.55. The highest BCUT2D eigenvalue weighted by molar-refractivity contribution is 8.00. The van der Waals surface area contributed by atoms with E-state index in [0.717, 1.165) is 10.3 Å². The largest absolute Gasteiger partial charge is 0.327 e. The highest BCUT2D eigenvalue weighted by atomic mass is 35.5. The number of halogens is 1. The van der Waals surface area contributed by atoms with Crippen LogP contribution in [0.3, 0.4) is 0 Å². The second-order valence-electron chi connectivity index (χ2n) is 5.23. The zero-order valence-electron chi connectivity index (χ0n) is 10.9. The Morgan fingerprint density at radius 3 is 2.61 bits per heavy atom. The summed E-state index contributed by atoms with van der Waals surface area (Å²) in [4.78, 5) is 0. The minimum atomic E-state index is 0.162. The van der Waals surface area contributed by atoms with Gasteiger partial charge in [0.2, 0.25) is 0 Å². The molecule has 2 atom stereocenters. The lowest BCUT2D eigenvalue weighted by Gasteiger charge is -2.28. The predicted octanol–water partition coefficient (Wildman–Crippen LogP) is 4.79. The van der Waals surface area contributed by atoms with Crippen molar-refractivity contribution in [2.75, 3.05) is 0 Å². The van der Waals surface area contributed by atoms with Crippen molar-refractivity contribution in [3.8, 4) is 0 Å². The fourth-order valence-electron chi connectivity index (χ4n) is 2.60. The molecule has 2 rings (SSSR count). The minimum Gasteiger partial charge on any atom is -0.327 e. The van der Waals surface area contributed by atoms with E-state index >= 15 is 0 Å². The molecule has 0 saturated heterocycles. The molecule has 1 fully saturated rings. The van der Waals surface area contributed by atoms with Gasteiger partial charge in [-0.3, -0.25) is 0 Å². The summed E-state index contributed by atoms with van der Waals surface area (Å²) in [6, 6.07) is 8.32. The van der Waals surface area contributed by atoms with E-state index in [-0.39, 0.29) is 6.04 Å². The normalized spacial score (nSPS) is 20.6. The molecule has 1 aliphatic rings. The summed E-state index contributed by atoms with van der Waals surface area (Å²) in [7, 11) is 0. The molecule has 0 amide bonds. The Labute approximate surface area is 119 Å². The average molecular weight is 284 g/mol. The van der Waals surface area contributed by atoms with Crippen LogP contribution in [0.2, 0.25) is 5.02 Å². The summed E-state index contributed by atoms with van der Waals surface area (Å²) < 4.78 is 0. The van der Waals surface area contributed by atoms with Crippen molar-refractivity contribution in [1.29, 1.82) is 0 Å². The second-order valence-corrected chi connectivity index (χ2v) is 7.11. The van der Waals surface area contributed by atoms with Crippen molar-refractivity contribution in [1.82, 2.24) is 0 Å². The Morgan fingerprint density at radius 1 is 1.28 bits per heavy atom. The SMILES string of the molecule is CC(N)C(SC1CCCCC1)c1cccc(Cl)c1. The topological polar surface area (TPSA) is 26.0 Å². The first-order valence-corrected chi connectivity index (χ1v) is 8.15. The van der Waals surface area contributed by atoms with Crippen LogP contribution in [0.5, 0.6) is 0 Å². The van der Waals surface area contributed by atoms with E-state index in [1.54, 1.807) is 0 Å². The van der Waals surface area contributed by atoms with Gasteiger partial charge in [0.1, 0.15) is 0 Å². The lowest BCUT2D eigenvalue weighted by molar-refractivity contribution is 0.513. The van der Waals surface area contributed by atoms with Crippen LogP contribution in [-0.4, -0.2) is 11.3 Å². The van der Waals surface area contributed by atoms with Crippen molar-refractivity contribution in [3.63, 3.8) is 0 Å². The van der Waals surface area contributed by atoms with Crippen LogP contribution in [0.1, 0.15) is 49.8 Å². The first-order chi connectivity index (χ1) is 8.66. The maximum Gasteiger partial charge on any atom is 0.0448 e. The Morgan fingerprint density at radius 2 is 2.00 bits per heavy atom. The van der Waals surface area contributed by atoms with E-state index in [1.165, 1.54) is 37.7 Å². The van der Waals surface area contributed by atoms with Crippen molar-refractivity contribution in [2.24, 2.45) is 5.73 Å². The van der Waals surface area contributed by atoms with Gasteiger partial charge >= 0.3 is 0 Å². The first-order valence-electron chi connectivity index (χ1n) is 6.83. The molecule has 0 aromatic heterocycles. The lowest BCUT2D eigenvalue weighted by Crippen LogP contribution is -2.25. The molecule has 1 nitrogen and oxygen atoms in total. The van der Waals surface area contributed by atoms with Gasteiger partial charge in [-0.15, -0.1) is 11.8 Å². The van der Waals surface area contributed by atoms with Gasteiger partial charge in [-0.25, -0.2) is 0 Å². The summed E-state index contributed by atoms with van der Waals surface area (Å²) in [6.45, 7) is 2.10. The molecule has 0 aliphatic heterocycles. The maximum atomic E-state index is 6.17. The van der Waals surface area contributed by atoms with Crippen LogP contribution in [-0.2, 0) is 0 Å². The number of hydrogen-bond donors (Lipinski definition) is 1. The first kappa shape index (κ1) is 14.2. The fraction of sp³-hybridized carbons (Fsp3) is 0.600. The highest BCUT2D eigenvalue weighted by Gasteiger charge is 2.23. The molecule has 2 unspecified atom stereocenters. The van der Waals surface area contributed by atoms with Gasteiger partial charge in [0.25, 0.3) is 0 Å². The Bertz CT molecular complexity index is 375. The Hall–Kier alpha value is -0.180. The molecule has 1 aliphatic carbocycles. The Kier molecular flexibility index (Phi) is 5.40. The standard InChI is InChI=1S/C15H22ClNS/c1-11(17)15(12-6-5-7-13(16)10-12)18-14-8-3-2-4-9-14/h5-7,10-11,14-15H,2-4,8-9,17H2,1H3. The van der Waals surface area contributed by atoms with E-state index in [2.05, 4.69) is 30.8 Å². The Balaban J connectivity index is 2.07. The number of rotatable bonds is 4. The van der Waals surface area contributed by atoms with Crippen molar-refractivity contribution in [3.05, 3.63) is 34.9 Å². The molecular weight excluding hydrogens is 262 g/mol. The number of thioether (sulfide) groups is 1. The van der Waals surface area contributed by atoms with E-state index in [4.69, 9.17) is 17.3 Å². The molecule has 3 heteroatoms. The molecule has 1 aromatic rings. The van der Waals surface area contributed by atoms with Crippen LogP contribution in [0.25, 0.3) is 0 Å². The van der Waals surface area contributed by atoms with Crippen LogP contribution < -0.4 is 5.73 Å². The summed E-state index contributed by atoms with van der Waals surface area (Å²) in [6.07, 6.45) is 6.83. The molecule has 0 bridgehead atoms. The van der Waals surface area contributed by atoms with E-state index in [0.29, 0.717) is 5.25 Å². The average Bonchev–Trinajstić information content (AvgIpc) is 2.37. The molecule has 1 aromatic carbocycles. The van der Waals surface area contributed by atoms with Gasteiger partial charge < -0.3 is 5.73 Å². The molecule has 18 heavy (non-hydrogen) atoms. The van der Waals surface area contributed by atoms with E-state index < -0.39 is 0 Å². The number of benzene rings is 1. The third kappa shape index (κ3) is 3.91. The fourth-order valence-corrected chi connectivity index (χ4v) is 4.37. The van der Waals surface area contributed by atoms with Crippen LogP contribution in [0, 0.1) is 0 Å². The smallest absolute Gasteiger partial charge is 0.0448 e. The molecular formula is C15H22ClNS. The lowest BCUT2D eigenvalue weighted by atomic mass is 10.0. The molecule has 0 heterocycles. The van der Waals surface area contributed by atoms with Crippen molar-refractivity contribution >= 4 is 23.4 Å². The van der Waals surface area contributed by atoms with Gasteiger partial charge in [0.15, 0.2) is 0 Å². The van der Waals surface area contributed by atoms with Gasteiger partial charge in [-0.05, 0) is 37.5 Å². The molecule has 0 radical (unpaired) electrons. The van der Waals surface area contributed by atoms with Crippen molar-refractivity contribution < 1.29 is 0 Å². The zero-order valence-corrected chi connectivity index (χ0v) is 12.5. The monoisotopic (exact) mass is 283 g/mol.